The van der Waals surface area contributed by atoms with Gasteiger partial charge in [0.2, 0.25) is 18.2 Å². The SMILES string of the molecule is C=CCOC(=O)NCCC[C@H]1C(=O)N(CC(=C/C)/C(F)=C\C(=C)F)CC2N1C(=O)CN(C)N2C=O. The third-order valence-electron chi connectivity index (χ3n) is 5.65. The van der Waals surface area contributed by atoms with Crippen molar-refractivity contribution in [1.82, 2.24) is 25.1 Å². The van der Waals surface area contributed by atoms with Gasteiger partial charge >= 0.3 is 6.09 Å². The fraction of sp³-hybridized carbons (Fsp3) is 0.478. The first-order valence-electron chi connectivity index (χ1n) is 11.1. The predicted octanol–water partition coefficient (Wildman–Crippen LogP) is 1.65. The monoisotopic (exact) mass is 495 g/mol. The van der Waals surface area contributed by atoms with Gasteiger partial charge in [0.1, 0.15) is 30.5 Å². The molecule has 1 N–H and O–H groups in total. The Kier molecular flexibility index (Phi) is 10.1. The third-order valence-corrected chi connectivity index (χ3v) is 5.65. The van der Waals surface area contributed by atoms with Crippen molar-refractivity contribution in [2.45, 2.75) is 32.0 Å². The molecule has 2 aliphatic rings. The lowest BCUT2D eigenvalue weighted by atomic mass is 10.0. The Balaban J connectivity index is 2.24. The Hall–Kier alpha value is -3.54. The molecule has 2 fully saturated rings. The van der Waals surface area contributed by atoms with Gasteiger partial charge in [-0.3, -0.25) is 19.4 Å². The van der Waals surface area contributed by atoms with Crippen molar-refractivity contribution < 1.29 is 32.7 Å². The van der Waals surface area contributed by atoms with Gasteiger partial charge in [-0.05, 0) is 19.8 Å². The molecule has 0 aromatic heterocycles. The minimum Gasteiger partial charge on any atom is -0.445 e. The Bertz CT molecular complexity index is 922. The molecule has 192 valence electrons. The number of carbonyl (C=O) groups excluding carboxylic acids is 4. The average molecular weight is 496 g/mol. The van der Waals surface area contributed by atoms with Crippen LogP contribution in [-0.4, -0.2) is 96.2 Å². The lowest BCUT2D eigenvalue weighted by Gasteiger charge is -2.53. The number of alkyl carbamates (subject to hydrolysis) is 1. The molecule has 10 nitrogen and oxygen atoms in total. The van der Waals surface area contributed by atoms with Crippen LogP contribution in [0.4, 0.5) is 13.6 Å². The molecular formula is C23H31F2N5O5. The molecule has 1 unspecified atom stereocenters. The molecule has 4 amide bonds. The maximum absolute atomic E-state index is 14.5. The van der Waals surface area contributed by atoms with Gasteiger partial charge in [-0.2, -0.15) is 0 Å². The van der Waals surface area contributed by atoms with Crippen LogP contribution in [-0.2, 0) is 19.1 Å². The van der Waals surface area contributed by atoms with Gasteiger partial charge in [-0.15, -0.1) is 0 Å². The summed E-state index contributed by atoms with van der Waals surface area (Å²) in [7, 11) is 1.57. The average Bonchev–Trinajstić information content (AvgIpc) is 2.80. The van der Waals surface area contributed by atoms with Crippen LogP contribution in [0.15, 0.2) is 48.6 Å². The van der Waals surface area contributed by atoms with Crippen LogP contribution >= 0.6 is 0 Å². The fourth-order valence-electron chi connectivity index (χ4n) is 4.02. The van der Waals surface area contributed by atoms with E-state index < -0.39 is 35.9 Å². The number of likely N-dealkylation sites (N-methyl/N-ethyl adjacent to an activating group) is 1. The van der Waals surface area contributed by atoms with E-state index in [-0.39, 0.29) is 50.7 Å². The molecule has 2 saturated heterocycles. The number of rotatable bonds is 11. The second-order valence-electron chi connectivity index (χ2n) is 8.03. The number of hydrazine groups is 1. The highest BCUT2D eigenvalue weighted by Crippen LogP contribution is 2.28. The highest BCUT2D eigenvalue weighted by atomic mass is 19.1. The van der Waals surface area contributed by atoms with E-state index in [1.807, 2.05) is 0 Å². The van der Waals surface area contributed by atoms with Gasteiger partial charge in [-0.1, -0.05) is 25.3 Å². The van der Waals surface area contributed by atoms with E-state index in [4.69, 9.17) is 4.74 Å². The zero-order chi connectivity index (χ0) is 26.1. The second kappa shape index (κ2) is 12.8. The van der Waals surface area contributed by atoms with E-state index >= 15 is 0 Å². The van der Waals surface area contributed by atoms with Crippen LogP contribution in [0, 0.1) is 0 Å². The molecular weight excluding hydrogens is 464 g/mol. The summed E-state index contributed by atoms with van der Waals surface area (Å²) in [6, 6.07) is -0.940. The number of fused-ring (bicyclic) bond motifs is 1. The van der Waals surface area contributed by atoms with Crippen LogP contribution in [0.3, 0.4) is 0 Å². The van der Waals surface area contributed by atoms with E-state index in [2.05, 4.69) is 18.5 Å². The maximum atomic E-state index is 14.5. The number of piperazine rings is 1. The van der Waals surface area contributed by atoms with Crippen LogP contribution in [0.5, 0.6) is 0 Å². The molecule has 2 atom stereocenters. The zero-order valence-corrected chi connectivity index (χ0v) is 19.9. The van der Waals surface area contributed by atoms with Crippen molar-refractivity contribution in [3.63, 3.8) is 0 Å². The number of nitrogens with zero attached hydrogens (tertiary/aromatic N) is 4. The largest absolute Gasteiger partial charge is 0.445 e. The van der Waals surface area contributed by atoms with Crippen molar-refractivity contribution in [2.24, 2.45) is 0 Å². The summed E-state index contributed by atoms with van der Waals surface area (Å²) in [5.74, 6) is -2.62. The number of hydrogen-bond acceptors (Lipinski definition) is 6. The quantitative estimate of drug-likeness (QED) is 0.202. The Morgan fingerprint density at radius 2 is 2.03 bits per heavy atom. The first-order chi connectivity index (χ1) is 16.6. The molecule has 0 aromatic carbocycles. The Morgan fingerprint density at radius 1 is 1.31 bits per heavy atom. The fourth-order valence-corrected chi connectivity index (χ4v) is 4.02. The predicted molar refractivity (Wildman–Crippen MR) is 124 cm³/mol. The molecule has 2 aliphatic heterocycles. The third kappa shape index (κ3) is 6.98. The molecule has 0 bridgehead atoms. The molecule has 0 spiro atoms. The summed E-state index contributed by atoms with van der Waals surface area (Å²) in [6.07, 6.45) is 3.10. The number of carbonyl (C=O) groups is 4. The van der Waals surface area contributed by atoms with Crippen LogP contribution < -0.4 is 5.32 Å². The number of amides is 4. The van der Waals surface area contributed by atoms with E-state index in [0.29, 0.717) is 18.9 Å². The number of ether oxygens (including phenoxy) is 1. The summed E-state index contributed by atoms with van der Waals surface area (Å²) in [4.78, 5) is 52.4. The molecule has 0 aliphatic carbocycles. The molecule has 2 heterocycles. The van der Waals surface area contributed by atoms with Crippen molar-refractivity contribution in [3.8, 4) is 0 Å². The van der Waals surface area contributed by atoms with E-state index in [1.54, 1.807) is 14.0 Å². The van der Waals surface area contributed by atoms with Crippen LogP contribution in [0.1, 0.15) is 19.8 Å². The summed E-state index contributed by atoms with van der Waals surface area (Å²) in [6.45, 7) is 7.90. The van der Waals surface area contributed by atoms with Crippen molar-refractivity contribution >= 4 is 24.3 Å². The smallest absolute Gasteiger partial charge is 0.407 e. The van der Waals surface area contributed by atoms with Gasteiger partial charge in [0.15, 0.2) is 0 Å². The van der Waals surface area contributed by atoms with Crippen LogP contribution in [0.2, 0.25) is 0 Å². The first-order valence-corrected chi connectivity index (χ1v) is 11.1. The normalized spacial score (nSPS) is 21.5. The first kappa shape index (κ1) is 27.7. The van der Waals surface area contributed by atoms with Crippen molar-refractivity contribution in [1.29, 1.82) is 0 Å². The van der Waals surface area contributed by atoms with E-state index in [1.165, 1.54) is 32.0 Å². The lowest BCUT2D eigenvalue weighted by Crippen LogP contribution is -2.74. The minimum atomic E-state index is -0.971. The maximum Gasteiger partial charge on any atom is 0.407 e. The topological polar surface area (TPSA) is 102 Å². The molecule has 0 aromatic rings. The zero-order valence-electron chi connectivity index (χ0n) is 19.9. The molecule has 35 heavy (non-hydrogen) atoms. The summed E-state index contributed by atoms with van der Waals surface area (Å²) < 4.78 is 32.4. The van der Waals surface area contributed by atoms with Gasteiger partial charge in [0.05, 0.1) is 13.1 Å². The number of halogens is 2. The van der Waals surface area contributed by atoms with Gasteiger partial charge in [0, 0.05) is 31.8 Å². The van der Waals surface area contributed by atoms with Gasteiger partial charge in [0.25, 0.3) is 0 Å². The molecule has 0 saturated carbocycles. The Labute approximate surface area is 203 Å². The van der Waals surface area contributed by atoms with Crippen LogP contribution in [0.25, 0.3) is 0 Å². The number of hydrogen-bond donors (Lipinski definition) is 1. The second-order valence-corrected chi connectivity index (χ2v) is 8.03. The highest BCUT2D eigenvalue weighted by molar-refractivity contribution is 5.91. The standard InChI is InChI=1S/C23H31F2N5O5/c1-5-10-35-23(34)26-9-7-8-19-22(33)28(12-17(6-2)18(25)11-16(3)24)13-20-29(15-31)27(4)14-21(32)30(19)20/h5-6,11,15,19-20H,1,3,7-10,12-14H2,2,4H3,(H,26,34)/b17-6-,18-11+/t19-,20?/m0/s1. The van der Waals surface area contributed by atoms with Gasteiger partial charge < -0.3 is 19.9 Å². The highest BCUT2D eigenvalue weighted by Gasteiger charge is 2.48. The molecule has 0 radical (unpaired) electrons. The lowest BCUT2D eigenvalue weighted by molar-refractivity contribution is -0.196. The Morgan fingerprint density at radius 3 is 2.63 bits per heavy atom. The van der Waals surface area contributed by atoms with Gasteiger partial charge in [-0.25, -0.2) is 18.6 Å². The molecule has 12 heteroatoms. The van der Waals surface area contributed by atoms with Crippen molar-refractivity contribution in [3.05, 3.63) is 48.6 Å². The van der Waals surface area contributed by atoms with E-state index in [9.17, 15) is 28.0 Å². The number of allylic oxidation sites excluding steroid dienone is 3. The summed E-state index contributed by atoms with van der Waals surface area (Å²) >= 11 is 0. The van der Waals surface area contributed by atoms with Crippen molar-refractivity contribution in [2.75, 3.05) is 39.8 Å². The molecule has 2 rings (SSSR count). The number of nitrogens with one attached hydrogen (secondary N) is 1. The minimum absolute atomic E-state index is 0.0505. The summed E-state index contributed by atoms with van der Waals surface area (Å²) in [5, 5.41) is 5.30. The van der Waals surface area contributed by atoms with E-state index in [0.717, 1.165) is 0 Å². The summed E-state index contributed by atoms with van der Waals surface area (Å²) in [5.41, 5.74) is 0.0594.